The summed E-state index contributed by atoms with van der Waals surface area (Å²) >= 11 is 0. The summed E-state index contributed by atoms with van der Waals surface area (Å²) in [5.41, 5.74) is 6.44. The fourth-order valence-electron chi connectivity index (χ4n) is 2.30. The second-order valence-electron chi connectivity index (χ2n) is 4.27. The summed E-state index contributed by atoms with van der Waals surface area (Å²) in [5.74, 6) is 0. The Morgan fingerprint density at radius 3 is 2.80 bits per heavy atom. The molecule has 0 unspecified atom stereocenters. The van der Waals surface area contributed by atoms with Crippen LogP contribution >= 0.6 is 0 Å². The van der Waals surface area contributed by atoms with Gasteiger partial charge in [-0.2, -0.15) is 5.10 Å². The van der Waals surface area contributed by atoms with Gasteiger partial charge in [0.25, 0.3) is 0 Å². The lowest BCUT2D eigenvalue weighted by molar-refractivity contribution is 0.912. The van der Waals surface area contributed by atoms with Gasteiger partial charge in [0.1, 0.15) is 0 Å². The molecule has 0 aliphatic heterocycles. The van der Waals surface area contributed by atoms with Crippen molar-refractivity contribution in [2.45, 2.75) is 26.2 Å². The van der Waals surface area contributed by atoms with E-state index in [1.807, 2.05) is 6.92 Å². The van der Waals surface area contributed by atoms with Crippen LogP contribution in [0.1, 0.15) is 23.2 Å². The molecule has 2 nitrogen and oxygen atoms in total. The van der Waals surface area contributed by atoms with Crippen LogP contribution in [0, 0.1) is 6.92 Å². The first kappa shape index (κ1) is 8.72. The molecule has 15 heavy (non-hydrogen) atoms. The first-order valence-corrected chi connectivity index (χ1v) is 5.47. The first-order valence-electron chi connectivity index (χ1n) is 5.47. The van der Waals surface area contributed by atoms with Crippen molar-refractivity contribution < 1.29 is 0 Å². The number of fused-ring (bicyclic) bond motifs is 1. The second-order valence-corrected chi connectivity index (χ2v) is 4.27. The number of rotatable bonds is 1. The molecule has 0 fully saturated rings. The van der Waals surface area contributed by atoms with Gasteiger partial charge in [-0.3, -0.25) is 5.10 Å². The van der Waals surface area contributed by atoms with E-state index in [1.165, 1.54) is 36.0 Å². The Hall–Kier alpha value is -1.57. The summed E-state index contributed by atoms with van der Waals surface area (Å²) in [6, 6.07) is 8.82. The Morgan fingerprint density at radius 1 is 1.13 bits per heavy atom. The van der Waals surface area contributed by atoms with Gasteiger partial charge in [0, 0.05) is 11.3 Å². The molecule has 0 saturated heterocycles. The SMILES string of the molecule is Cc1cc(-c2ccc3c(c2)CCC3)n[nH]1. The molecule has 76 valence electrons. The zero-order chi connectivity index (χ0) is 10.3. The van der Waals surface area contributed by atoms with Gasteiger partial charge >= 0.3 is 0 Å². The van der Waals surface area contributed by atoms with Crippen LogP contribution in [0.15, 0.2) is 24.3 Å². The summed E-state index contributed by atoms with van der Waals surface area (Å²) in [4.78, 5) is 0. The van der Waals surface area contributed by atoms with E-state index >= 15 is 0 Å². The van der Waals surface area contributed by atoms with Gasteiger partial charge in [-0.15, -0.1) is 0 Å². The van der Waals surface area contributed by atoms with E-state index in [1.54, 1.807) is 0 Å². The number of nitrogens with one attached hydrogen (secondary N) is 1. The van der Waals surface area contributed by atoms with Crippen LogP contribution in [0.25, 0.3) is 11.3 Å². The highest BCUT2D eigenvalue weighted by Crippen LogP contribution is 2.27. The fraction of sp³-hybridized carbons (Fsp3) is 0.308. The van der Waals surface area contributed by atoms with Gasteiger partial charge < -0.3 is 0 Å². The molecule has 0 bridgehead atoms. The summed E-state index contributed by atoms with van der Waals surface area (Å²) in [5, 5.41) is 7.27. The third kappa shape index (κ3) is 1.46. The van der Waals surface area contributed by atoms with Gasteiger partial charge in [0.15, 0.2) is 0 Å². The van der Waals surface area contributed by atoms with Crippen molar-refractivity contribution in [3.05, 3.63) is 41.1 Å². The highest BCUT2D eigenvalue weighted by molar-refractivity contribution is 5.61. The van der Waals surface area contributed by atoms with Gasteiger partial charge in [-0.25, -0.2) is 0 Å². The van der Waals surface area contributed by atoms with Gasteiger partial charge in [-0.05, 0) is 49.4 Å². The molecular formula is C13H14N2. The number of nitrogens with zero attached hydrogens (tertiary/aromatic N) is 1. The van der Waals surface area contributed by atoms with Crippen molar-refractivity contribution in [1.82, 2.24) is 10.2 Å². The van der Waals surface area contributed by atoms with E-state index in [0.29, 0.717) is 0 Å². The zero-order valence-electron chi connectivity index (χ0n) is 8.88. The second kappa shape index (κ2) is 3.23. The number of aromatic nitrogens is 2. The molecule has 1 aromatic heterocycles. The van der Waals surface area contributed by atoms with Crippen molar-refractivity contribution in [3.8, 4) is 11.3 Å². The number of aromatic amines is 1. The predicted molar refractivity (Wildman–Crippen MR) is 60.8 cm³/mol. The van der Waals surface area contributed by atoms with Crippen LogP contribution < -0.4 is 0 Å². The predicted octanol–water partition coefficient (Wildman–Crippen LogP) is 2.87. The Morgan fingerprint density at radius 2 is 2.00 bits per heavy atom. The molecule has 0 atom stereocenters. The monoisotopic (exact) mass is 198 g/mol. The summed E-state index contributed by atoms with van der Waals surface area (Å²) in [6.07, 6.45) is 3.78. The van der Waals surface area contributed by atoms with E-state index in [2.05, 4.69) is 34.5 Å². The third-order valence-electron chi connectivity index (χ3n) is 3.10. The highest BCUT2D eigenvalue weighted by atomic mass is 15.1. The van der Waals surface area contributed by atoms with Crippen molar-refractivity contribution in [2.75, 3.05) is 0 Å². The lowest BCUT2D eigenvalue weighted by Crippen LogP contribution is -1.84. The molecule has 2 aromatic rings. The lowest BCUT2D eigenvalue weighted by atomic mass is 10.0. The van der Waals surface area contributed by atoms with Gasteiger partial charge in [0.05, 0.1) is 5.69 Å². The average Bonchev–Trinajstić information content (AvgIpc) is 2.84. The van der Waals surface area contributed by atoms with Crippen molar-refractivity contribution >= 4 is 0 Å². The lowest BCUT2D eigenvalue weighted by Gasteiger charge is -2.01. The van der Waals surface area contributed by atoms with Crippen LogP contribution in [0.5, 0.6) is 0 Å². The minimum absolute atomic E-state index is 1.06. The molecule has 0 saturated carbocycles. The van der Waals surface area contributed by atoms with E-state index in [9.17, 15) is 0 Å². The highest BCUT2D eigenvalue weighted by Gasteiger charge is 2.12. The number of hydrogen-bond donors (Lipinski definition) is 1. The fourth-order valence-corrected chi connectivity index (χ4v) is 2.30. The molecule has 0 spiro atoms. The van der Waals surface area contributed by atoms with Crippen molar-refractivity contribution in [1.29, 1.82) is 0 Å². The maximum Gasteiger partial charge on any atom is 0.0923 e. The van der Waals surface area contributed by atoms with E-state index in [4.69, 9.17) is 0 Å². The molecule has 0 amide bonds. The number of hydrogen-bond acceptors (Lipinski definition) is 1. The maximum absolute atomic E-state index is 4.29. The van der Waals surface area contributed by atoms with Crippen LogP contribution in [0.4, 0.5) is 0 Å². The zero-order valence-corrected chi connectivity index (χ0v) is 8.88. The minimum Gasteiger partial charge on any atom is -0.282 e. The van der Waals surface area contributed by atoms with Crippen LogP contribution in [-0.2, 0) is 12.8 Å². The molecule has 1 aliphatic carbocycles. The Balaban J connectivity index is 2.06. The standard InChI is InChI=1S/C13H14N2/c1-9-7-13(15-14-9)12-6-5-10-3-2-4-11(10)8-12/h5-8H,2-4H2,1H3,(H,14,15). The topological polar surface area (TPSA) is 28.7 Å². The number of benzene rings is 1. The summed E-state index contributed by atoms with van der Waals surface area (Å²) in [6.45, 7) is 2.03. The number of aryl methyl sites for hydroxylation is 3. The Kier molecular flexibility index (Phi) is 1.88. The summed E-state index contributed by atoms with van der Waals surface area (Å²) < 4.78 is 0. The normalized spacial score (nSPS) is 14.2. The van der Waals surface area contributed by atoms with E-state index in [-0.39, 0.29) is 0 Å². The van der Waals surface area contributed by atoms with Crippen LogP contribution in [0.3, 0.4) is 0 Å². The quantitative estimate of drug-likeness (QED) is 0.750. The molecule has 0 radical (unpaired) electrons. The molecule has 1 N–H and O–H groups in total. The van der Waals surface area contributed by atoms with Gasteiger partial charge in [0.2, 0.25) is 0 Å². The Labute approximate surface area is 89.3 Å². The molecule has 1 heterocycles. The summed E-state index contributed by atoms with van der Waals surface area (Å²) in [7, 11) is 0. The first-order chi connectivity index (χ1) is 7.33. The van der Waals surface area contributed by atoms with Crippen molar-refractivity contribution in [2.24, 2.45) is 0 Å². The maximum atomic E-state index is 4.29. The Bertz CT molecular complexity index is 497. The minimum atomic E-state index is 1.06. The molecule has 3 rings (SSSR count). The average molecular weight is 198 g/mol. The van der Waals surface area contributed by atoms with Crippen LogP contribution in [-0.4, -0.2) is 10.2 Å². The van der Waals surface area contributed by atoms with Crippen molar-refractivity contribution in [3.63, 3.8) is 0 Å². The third-order valence-corrected chi connectivity index (χ3v) is 3.10. The van der Waals surface area contributed by atoms with E-state index in [0.717, 1.165) is 11.4 Å². The molecular weight excluding hydrogens is 184 g/mol. The smallest absolute Gasteiger partial charge is 0.0923 e. The number of H-pyrrole nitrogens is 1. The van der Waals surface area contributed by atoms with Gasteiger partial charge in [-0.1, -0.05) is 12.1 Å². The molecule has 1 aromatic carbocycles. The molecule has 1 aliphatic rings. The largest absolute Gasteiger partial charge is 0.282 e. The van der Waals surface area contributed by atoms with Crippen LogP contribution in [0.2, 0.25) is 0 Å². The van der Waals surface area contributed by atoms with E-state index < -0.39 is 0 Å². The molecule has 2 heteroatoms.